The van der Waals surface area contributed by atoms with Crippen molar-refractivity contribution in [2.75, 3.05) is 7.11 Å². The van der Waals surface area contributed by atoms with E-state index < -0.39 is 15.9 Å². The van der Waals surface area contributed by atoms with Crippen LogP contribution in [0, 0.1) is 0 Å². The Morgan fingerprint density at radius 2 is 1.92 bits per heavy atom. The van der Waals surface area contributed by atoms with Crippen molar-refractivity contribution in [1.82, 2.24) is 0 Å². The molecule has 0 aliphatic heterocycles. The highest BCUT2D eigenvalue weighted by molar-refractivity contribution is 7.86. The number of phenolic OH excluding ortho intramolecular Hbond substituents is 2. The summed E-state index contributed by atoms with van der Waals surface area (Å²) in [5.74, 6) is -0.755. The minimum Gasteiger partial charge on any atom is -0.508 e. The van der Waals surface area contributed by atoms with E-state index in [0.717, 1.165) is 25.3 Å². The summed E-state index contributed by atoms with van der Waals surface area (Å²) >= 11 is 0. The highest BCUT2D eigenvalue weighted by atomic mass is 32.2. The second kappa shape index (κ2) is 3.23. The molecule has 72 valence electrons. The minimum atomic E-state index is -3.91. The molecule has 0 amide bonds. The average molecular weight is 204 g/mol. The van der Waals surface area contributed by atoms with Crippen LogP contribution in [0.4, 0.5) is 0 Å². The van der Waals surface area contributed by atoms with Crippen molar-refractivity contribution in [1.29, 1.82) is 0 Å². The van der Waals surface area contributed by atoms with Crippen LogP contribution in [0.1, 0.15) is 0 Å². The first-order valence-electron chi connectivity index (χ1n) is 3.30. The number of phenols is 2. The smallest absolute Gasteiger partial charge is 0.300 e. The highest BCUT2D eigenvalue weighted by Gasteiger charge is 2.17. The predicted octanol–water partition coefficient (Wildman–Crippen LogP) is 0.433. The molecule has 0 heterocycles. The fraction of sp³-hybridized carbons (Fsp3) is 0.143. The molecule has 0 spiro atoms. The number of hydrogen-bond donors (Lipinski definition) is 2. The lowest BCUT2D eigenvalue weighted by Gasteiger charge is -2.03. The van der Waals surface area contributed by atoms with Crippen LogP contribution in [0.15, 0.2) is 23.1 Å². The first kappa shape index (κ1) is 9.82. The van der Waals surface area contributed by atoms with Crippen LogP contribution in [0.2, 0.25) is 0 Å². The van der Waals surface area contributed by atoms with Crippen molar-refractivity contribution in [2.45, 2.75) is 4.90 Å². The maximum Gasteiger partial charge on any atom is 0.300 e. The van der Waals surface area contributed by atoms with Crippen molar-refractivity contribution >= 4 is 10.1 Å². The zero-order chi connectivity index (χ0) is 10.1. The summed E-state index contributed by atoms with van der Waals surface area (Å²) < 4.78 is 26.3. The third-order valence-corrected chi connectivity index (χ3v) is 2.75. The van der Waals surface area contributed by atoms with Crippen LogP contribution in [-0.2, 0) is 14.3 Å². The Hall–Kier alpha value is -1.27. The molecular formula is C7H8O5S. The van der Waals surface area contributed by atoms with Gasteiger partial charge in [-0.1, -0.05) is 0 Å². The molecule has 0 atom stereocenters. The van der Waals surface area contributed by atoms with Crippen LogP contribution >= 0.6 is 0 Å². The van der Waals surface area contributed by atoms with Gasteiger partial charge in [0.2, 0.25) is 0 Å². The molecule has 0 aliphatic carbocycles. The molecule has 6 heteroatoms. The van der Waals surface area contributed by atoms with E-state index in [0.29, 0.717) is 0 Å². The largest absolute Gasteiger partial charge is 0.508 e. The van der Waals surface area contributed by atoms with E-state index in [-0.39, 0.29) is 10.6 Å². The lowest BCUT2D eigenvalue weighted by Crippen LogP contribution is -2.02. The average Bonchev–Trinajstić information content (AvgIpc) is 2.03. The molecule has 0 bridgehead atoms. The van der Waals surface area contributed by atoms with Gasteiger partial charge in [-0.05, 0) is 12.1 Å². The van der Waals surface area contributed by atoms with E-state index >= 15 is 0 Å². The predicted molar refractivity (Wildman–Crippen MR) is 44.0 cm³/mol. The van der Waals surface area contributed by atoms with E-state index in [1.54, 1.807) is 0 Å². The third kappa shape index (κ3) is 1.90. The quantitative estimate of drug-likeness (QED) is 0.682. The molecule has 1 rings (SSSR count). The van der Waals surface area contributed by atoms with Gasteiger partial charge >= 0.3 is 0 Å². The third-order valence-electron chi connectivity index (χ3n) is 1.43. The standard InChI is InChI=1S/C7H8O5S/c1-12-13(10,11)7-3-2-5(8)4-6(7)9/h2-4,8-9H,1H3. The van der Waals surface area contributed by atoms with Crippen LogP contribution in [0.3, 0.4) is 0 Å². The van der Waals surface area contributed by atoms with Crippen LogP contribution in [-0.4, -0.2) is 25.7 Å². The summed E-state index contributed by atoms with van der Waals surface area (Å²) in [6.45, 7) is 0. The van der Waals surface area contributed by atoms with Gasteiger partial charge in [0.05, 0.1) is 7.11 Å². The van der Waals surface area contributed by atoms with Gasteiger partial charge in [0.25, 0.3) is 10.1 Å². The zero-order valence-corrected chi connectivity index (χ0v) is 7.58. The fourth-order valence-corrected chi connectivity index (χ4v) is 1.54. The van der Waals surface area contributed by atoms with Crippen molar-refractivity contribution in [3.05, 3.63) is 18.2 Å². The Balaban J connectivity index is 3.33. The monoisotopic (exact) mass is 204 g/mol. The molecule has 0 unspecified atom stereocenters. The first-order valence-corrected chi connectivity index (χ1v) is 4.71. The number of aromatic hydroxyl groups is 2. The van der Waals surface area contributed by atoms with Gasteiger partial charge in [-0.15, -0.1) is 0 Å². The number of rotatable bonds is 2. The summed E-state index contributed by atoms with van der Waals surface area (Å²) in [5, 5.41) is 18.0. The number of hydrogen-bond acceptors (Lipinski definition) is 5. The minimum absolute atomic E-state index is 0.215. The molecule has 2 N–H and O–H groups in total. The highest BCUT2D eigenvalue weighted by Crippen LogP contribution is 2.27. The van der Waals surface area contributed by atoms with Crippen molar-refractivity contribution in [3.63, 3.8) is 0 Å². The SMILES string of the molecule is COS(=O)(=O)c1ccc(O)cc1O. The first-order chi connectivity index (χ1) is 5.97. The van der Waals surface area contributed by atoms with E-state index in [9.17, 15) is 8.42 Å². The molecule has 0 radical (unpaired) electrons. The molecule has 0 saturated heterocycles. The van der Waals surface area contributed by atoms with Crippen LogP contribution in [0.5, 0.6) is 11.5 Å². The molecule has 1 aromatic carbocycles. The van der Waals surface area contributed by atoms with E-state index in [1.165, 1.54) is 0 Å². The van der Waals surface area contributed by atoms with Gasteiger partial charge in [0.1, 0.15) is 16.4 Å². The van der Waals surface area contributed by atoms with E-state index in [1.807, 2.05) is 0 Å². The second-order valence-electron chi connectivity index (χ2n) is 2.27. The summed E-state index contributed by atoms with van der Waals surface area (Å²) in [4.78, 5) is -0.368. The Morgan fingerprint density at radius 1 is 1.31 bits per heavy atom. The van der Waals surface area contributed by atoms with Crippen LogP contribution in [0.25, 0.3) is 0 Å². The maximum atomic E-state index is 11.1. The van der Waals surface area contributed by atoms with Crippen molar-refractivity contribution < 1.29 is 22.8 Å². The molecule has 5 nitrogen and oxygen atoms in total. The van der Waals surface area contributed by atoms with E-state index in [2.05, 4.69) is 4.18 Å². The number of benzene rings is 1. The zero-order valence-electron chi connectivity index (χ0n) is 6.76. The Labute approximate surface area is 75.3 Å². The summed E-state index contributed by atoms with van der Waals surface area (Å²) in [5.41, 5.74) is 0. The summed E-state index contributed by atoms with van der Waals surface area (Å²) in [6.07, 6.45) is 0. The van der Waals surface area contributed by atoms with Crippen LogP contribution < -0.4 is 0 Å². The van der Waals surface area contributed by atoms with Crippen molar-refractivity contribution in [3.8, 4) is 11.5 Å². The Morgan fingerprint density at radius 3 is 2.38 bits per heavy atom. The fourth-order valence-electron chi connectivity index (χ4n) is 0.807. The molecule has 13 heavy (non-hydrogen) atoms. The molecule has 0 saturated carbocycles. The molecule has 1 aromatic rings. The van der Waals surface area contributed by atoms with Crippen molar-refractivity contribution in [2.24, 2.45) is 0 Å². The molecule has 0 fully saturated rings. The van der Waals surface area contributed by atoms with Gasteiger partial charge in [0, 0.05) is 6.07 Å². The molecule has 0 aromatic heterocycles. The second-order valence-corrected chi connectivity index (χ2v) is 3.95. The lowest BCUT2D eigenvalue weighted by molar-refractivity contribution is 0.388. The molecule has 0 aliphatic rings. The molecular weight excluding hydrogens is 196 g/mol. The van der Waals surface area contributed by atoms with Gasteiger partial charge in [0.15, 0.2) is 0 Å². The lowest BCUT2D eigenvalue weighted by atomic mass is 10.3. The van der Waals surface area contributed by atoms with E-state index in [4.69, 9.17) is 10.2 Å². The van der Waals surface area contributed by atoms with Gasteiger partial charge in [-0.25, -0.2) is 0 Å². The summed E-state index contributed by atoms with van der Waals surface area (Å²) in [6, 6.07) is 3.13. The van der Waals surface area contributed by atoms with Gasteiger partial charge < -0.3 is 10.2 Å². The van der Waals surface area contributed by atoms with Gasteiger partial charge in [-0.2, -0.15) is 8.42 Å². The Bertz CT molecular complexity index is 409. The normalized spacial score (nSPS) is 11.5. The topological polar surface area (TPSA) is 83.8 Å². The Kier molecular flexibility index (Phi) is 2.44. The summed E-state index contributed by atoms with van der Waals surface area (Å²) in [7, 11) is -2.92. The maximum absolute atomic E-state index is 11.1. The van der Waals surface area contributed by atoms with Gasteiger partial charge in [-0.3, -0.25) is 4.18 Å².